The van der Waals surface area contributed by atoms with Crippen LogP contribution in [0.4, 0.5) is 0 Å². The molecule has 2 rings (SSSR count). The lowest BCUT2D eigenvalue weighted by Crippen LogP contribution is -2.24. The predicted molar refractivity (Wildman–Crippen MR) is 79.0 cm³/mol. The number of aryl methyl sites for hydroxylation is 1. The lowest BCUT2D eigenvalue weighted by atomic mass is 10.2. The molecule has 1 aromatic rings. The Hall–Kier alpha value is -1.82. The minimum absolute atomic E-state index is 0.190. The quantitative estimate of drug-likeness (QED) is 0.847. The summed E-state index contributed by atoms with van der Waals surface area (Å²) in [5.74, 6) is -0.434. The largest absolute Gasteiger partial charge is 0.463 e. The molecule has 0 fully saturated rings. The summed E-state index contributed by atoms with van der Waals surface area (Å²) < 4.78 is 32.1. The fourth-order valence-electron chi connectivity index (χ4n) is 2.24. The fourth-order valence-corrected chi connectivity index (χ4v) is 3.40. The normalized spacial score (nSPS) is 15.1. The van der Waals surface area contributed by atoms with Crippen molar-refractivity contribution in [3.8, 4) is 0 Å². The van der Waals surface area contributed by atoms with Crippen LogP contribution in [0.15, 0.2) is 40.4 Å². The topological polar surface area (TPSA) is 72.5 Å². The summed E-state index contributed by atoms with van der Waals surface area (Å²) in [4.78, 5) is 12.0. The van der Waals surface area contributed by atoms with Gasteiger partial charge in [0.15, 0.2) is 0 Å². The average Bonchev–Trinajstić information content (AvgIpc) is 2.87. The van der Waals surface area contributed by atoms with Gasteiger partial charge in [0.05, 0.1) is 17.1 Å². The Bertz CT molecular complexity index is 659. The Balaban J connectivity index is 2.25. The van der Waals surface area contributed by atoms with Crippen molar-refractivity contribution in [3.63, 3.8) is 0 Å². The highest BCUT2D eigenvalue weighted by Gasteiger charge is 2.25. The molecule has 6 heteroatoms. The zero-order valence-corrected chi connectivity index (χ0v) is 13.0. The van der Waals surface area contributed by atoms with E-state index in [9.17, 15) is 13.2 Å². The smallest absolute Gasteiger partial charge is 0.335 e. The lowest BCUT2D eigenvalue weighted by molar-refractivity contribution is -0.138. The van der Waals surface area contributed by atoms with Gasteiger partial charge in [-0.05, 0) is 45.2 Å². The van der Waals surface area contributed by atoms with Crippen LogP contribution >= 0.6 is 0 Å². The molecule has 0 heterocycles. The fraction of sp³-hybridized carbons (Fsp3) is 0.400. The summed E-state index contributed by atoms with van der Waals surface area (Å²) in [7, 11) is -3.66. The van der Waals surface area contributed by atoms with Crippen molar-refractivity contribution >= 4 is 16.0 Å². The van der Waals surface area contributed by atoms with Crippen molar-refractivity contribution in [2.45, 2.75) is 38.0 Å². The first-order valence-electron chi connectivity index (χ1n) is 6.92. The number of rotatable bonds is 5. The molecule has 114 valence electrons. The molecule has 0 aliphatic heterocycles. The van der Waals surface area contributed by atoms with Gasteiger partial charge in [0.25, 0.3) is 10.0 Å². The molecule has 1 aromatic carbocycles. The Morgan fingerprint density at radius 3 is 2.52 bits per heavy atom. The first-order valence-corrected chi connectivity index (χ1v) is 8.41. The first kappa shape index (κ1) is 15.6. The van der Waals surface area contributed by atoms with E-state index in [1.165, 1.54) is 0 Å². The number of carbonyl (C=O) groups excluding carboxylic acids is 1. The number of hydrogen-bond donors (Lipinski definition) is 1. The van der Waals surface area contributed by atoms with Gasteiger partial charge in [-0.2, -0.15) is 0 Å². The number of allylic oxidation sites excluding steroid dienone is 1. The molecular formula is C15H19NO4S. The van der Waals surface area contributed by atoms with E-state index < -0.39 is 16.0 Å². The maximum absolute atomic E-state index is 12.3. The molecule has 0 radical (unpaired) electrons. The van der Waals surface area contributed by atoms with Crippen molar-refractivity contribution in [1.82, 2.24) is 4.72 Å². The van der Waals surface area contributed by atoms with Crippen LogP contribution in [0.5, 0.6) is 0 Å². The molecule has 0 bridgehead atoms. The second-order valence-corrected chi connectivity index (χ2v) is 6.63. The van der Waals surface area contributed by atoms with Crippen molar-refractivity contribution in [1.29, 1.82) is 0 Å². The molecular weight excluding hydrogens is 290 g/mol. The molecule has 0 amide bonds. The van der Waals surface area contributed by atoms with E-state index in [1.54, 1.807) is 31.2 Å². The van der Waals surface area contributed by atoms with E-state index in [0.717, 1.165) is 12.0 Å². The van der Waals surface area contributed by atoms with Crippen LogP contribution in [0.1, 0.15) is 31.7 Å². The predicted octanol–water partition coefficient (Wildman–Crippen LogP) is 2.27. The molecule has 21 heavy (non-hydrogen) atoms. The highest BCUT2D eigenvalue weighted by molar-refractivity contribution is 7.89. The zero-order valence-electron chi connectivity index (χ0n) is 12.2. The minimum Gasteiger partial charge on any atom is -0.463 e. The number of benzene rings is 1. The molecule has 0 atom stereocenters. The van der Waals surface area contributed by atoms with E-state index in [2.05, 4.69) is 4.72 Å². The Labute approximate surface area is 125 Å². The monoisotopic (exact) mass is 309 g/mol. The van der Waals surface area contributed by atoms with Gasteiger partial charge in [0.2, 0.25) is 0 Å². The van der Waals surface area contributed by atoms with Crippen LogP contribution < -0.4 is 4.72 Å². The average molecular weight is 309 g/mol. The number of carbonyl (C=O) groups is 1. The van der Waals surface area contributed by atoms with Gasteiger partial charge in [-0.25, -0.2) is 13.2 Å². The second kappa shape index (κ2) is 6.30. The third-order valence-corrected chi connectivity index (χ3v) is 4.74. The summed E-state index contributed by atoms with van der Waals surface area (Å²) in [6.07, 6.45) is 1.84. The molecule has 0 saturated heterocycles. The van der Waals surface area contributed by atoms with Crippen LogP contribution in [0, 0.1) is 6.92 Å². The van der Waals surface area contributed by atoms with E-state index in [-0.39, 0.29) is 11.5 Å². The van der Waals surface area contributed by atoms with Crippen molar-refractivity contribution < 1.29 is 17.9 Å². The van der Waals surface area contributed by atoms with Gasteiger partial charge >= 0.3 is 5.97 Å². The van der Waals surface area contributed by atoms with E-state index >= 15 is 0 Å². The molecule has 1 N–H and O–H groups in total. The zero-order chi connectivity index (χ0) is 15.5. The molecule has 0 spiro atoms. The van der Waals surface area contributed by atoms with Gasteiger partial charge in [-0.3, -0.25) is 4.72 Å². The van der Waals surface area contributed by atoms with Crippen LogP contribution in [0.25, 0.3) is 0 Å². The Morgan fingerprint density at radius 2 is 1.90 bits per heavy atom. The van der Waals surface area contributed by atoms with Crippen LogP contribution in [-0.2, 0) is 19.6 Å². The van der Waals surface area contributed by atoms with Gasteiger partial charge < -0.3 is 4.74 Å². The summed E-state index contributed by atoms with van der Waals surface area (Å²) >= 11 is 0. The molecule has 0 saturated carbocycles. The van der Waals surface area contributed by atoms with E-state index in [1.807, 2.05) is 6.92 Å². The van der Waals surface area contributed by atoms with Crippen molar-refractivity contribution in [2.75, 3.05) is 6.61 Å². The number of hydrogen-bond acceptors (Lipinski definition) is 4. The van der Waals surface area contributed by atoms with Gasteiger partial charge in [-0.1, -0.05) is 17.7 Å². The summed E-state index contributed by atoms with van der Waals surface area (Å²) in [6, 6.07) is 6.59. The SMILES string of the molecule is CCOC(=O)C1=C(NS(=O)(=O)c2ccc(C)cc2)CCC1. The Kier molecular flexibility index (Phi) is 4.67. The Morgan fingerprint density at radius 1 is 1.24 bits per heavy atom. The standard InChI is InChI=1S/C15H19NO4S/c1-3-20-15(17)13-5-4-6-14(13)16-21(18,19)12-9-7-11(2)8-10-12/h7-10,16H,3-6H2,1-2H3. The third-order valence-electron chi connectivity index (χ3n) is 3.33. The highest BCUT2D eigenvalue weighted by Crippen LogP contribution is 2.26. The number of ether oxygens (including phenoxy) is 1. The molecule has 5 nitrogen and oxygen atoms in total. The van der Waals surface area contributed by atoms with E-state index in [0.29, 0.717) is 24.1 Å². The minimum atomic E-state index is -3.66. The van der Waals surface area contributed by atoms with Crippen LogP contribution in [0.2, 0.25) is 0 Å². The van der Waals surface area contributed by atoms with Gasteiger partial charge in [0, 0.05) is 5.70 Å². The second-order valence-electron chi connectivity index (χ2n) is 4.95. The molecule has 0 aromatic heterocycles. The molecule has 0 unspecified atom stereocenters. The summed E-state index contributed by atoms with van der Waals surface area (Å²) in [5.41, 5.74) is 1.88. The lowest BCUT2D eigenvalue weighted by Gasteiger charge is -2.11. The maximum atomic E-state index is 12.3. The highest BCUT2D eigenvalue weighted by atomic mass is 32.2. The van der Waals surface area contributed by atoms with Gasteiger partial charge in [-0.15, -0.1) is 0 Å². The summed E-state index contributed by atoms with van der Waals surface area (Å²) in [6.45, 7) is 3.89. The number of esters is 1. The van der Waals surface area contributed by atoms with Crippen molar-refractivity contribution in [3.05, 3.63) is 41.1 Å². The van der Waals surface area contributed by atoms with E-state index in [4.69, 9.17) is 4.74 Å². The van der Waals surface area contributed by atoms with Gasteiger partial charge in [0.1, 0.15) is 0 Å². The number of sulfonamides is 1. The number of nitrogens with one attached hydrogen (secondary N) is 1. The van der Waals surface area contributed by atoms with Crippen LogP contribution in [-0.4, -0.2) is 21.0 Å². The summed E-state index contributed by atoms with van der Waals surface area (Å²) in [5, 5.41) is 0. The molecule has 1 aliphatic carbocycles. The third kappa shape index (κ3) is 3.64. The maximum Gasteiger partial charge on any atom is 0.335 e. The van der Waals surface area contributed by atoms with Crippen LogP contribution in [0.3, 0.4) is 0 Å². The molecule has 1 aliphatic rings. The first-order chi connectivity index (χ1) is 9.94. The van der Waals surface area contributed by atoms with Crippen molar-refractivity contribution in [2.24, 2.45) is 0 Å².